The zero-order valence-electron chi connectivity index (χ0n) is 7.53. The van der Waals surface area contributed by atoms with E-state index in [-0.39, 0.29) is 0 Å². The first-order valence-corrected chi connectivity index (χ1v) is 4.41. The fourth-order valence-electron chi connectivity index (χ4n) is 1.34. The van der Waals surface area contributed by atoms with Gasteiger partial charge in [-0.3, -0.25) is 4.98 Å². The van der Waals surface area contributed by atoms with E-state index < -0.39 is 0 Å². The van der Waals surface area contributed by atoms with Gasteiger partial charge >= 0.3 is 0 Å². The van der Waals surface area contributed by atoms with Gasteiger partial charge in [0, 0.05) is 18.3 Å². The number of allylic oxidation sites excluding steroid dienone is 1. The van der Waals surface area contributed by atoms with Crippen LogP contribution in [0, 0.1) is 0 Å². The number of rotatable bonds is 4. The van der Waals surface area contributed by atoms with Gasteiger partial charge in [0.05, 0.1) is 0 Å². The number of hydrogen-bond acceptors (Lipinski definition) is 1. The lowest BCUT2D eigenvalue weighted by Crippen LogP contribution is -1.93. The van der Waals surface area contributed by atoms with Gasteiger partial charge < -0.3 is 0 Å². The molecule has 0 radical (unpaired) electrons. The van der Waals surface area contributed by atoms with Crippen LogP contribution >= 0.6 is 0 Å². The van der Waals surface area contributed by atoms with Crippen LogP contribution in [-0.2, 0) is 0 Å². The summed E-state index contributed by atoms with van der Waals surface area (Å²) < 4.78 is 0. The molecule has 0 N–H and O–H groups in total. The molecule has 0 amide bonds. The Labute approximate surface area is 74.2 Å². The summed E-state index contributed by atoms with van der Waals surface area (Å²) in [4.78, 5) is 3.99. The molecule has 0 fully saturated rings. The van der Waals surface area contributed by atoms with Crippen LogP contribution in [0.3, 0.4) is 0 Å². The summed E-state index contributed by atoms with van der Waals surface area (Å²) in [6, 6.07) is 4.12. The minimum Gasteiger partial charge on any atom is -0.265 e. The van der Waals surface area contributed by atoms with Gasteiger partial charge in [0.15, 0.2) is 0 Å². The molecule has 1 nitrogen and oxygen atoms in total. The average molecular weight is 161 g/mol. The summed E-state index contributed by atoms with van der Waals surface area (Å²) in [5, 5.41) is 0. The van der Waals surface area contributed by atoms with Crippen molar-refractivity contribution >= 4 is 0 Å². The maximum Gasteiger partial charge on any atom is 0.0270 e. The summed E-state index contributed by atoms with van der Waals surface area (Å²) in [7, 11) is 0. The quantitative estimate of drug-likeness (QED) is 0.618. The SMILES string of the molecule is C=CC(CCC)c1ccncc1. The molecular weight excluding hydrogens is 146 g/mol. The van der Waals surface area contributed by atoms with Gasteiger partial charge in [-0.1, -0.05) is 19.4 Å². The van der Waals surface area contributed by atoms with Crippen molar-refractivity contribution in [1.29, 1.82) is 0 Å². The molecule has 64 valence electrons. The normalized spacial score (nSPS) is 12.4. The average Bonchev–Trinajstić information content (AvgIpc) is 2.15. The summed E-state index contributed by atoms with van der Waals surface area (Å²) >= 11 is 0. The van der Waals surface area contributed by atoms with E-state index in [1.165, 1.54) is 18.4 Å². The lowest BCUT2D eigenvalue weighted by molar-refractivity contribution is 0.717. The zero-order valence-corrected chi connectivity index (χ0v) is 7.53. The van der Waals surface area contributed by atoms with Crippen molar-refractivity contribution in [3.05, 3.63) is 42.7 Å². The van der Waals surface area contributed by atoms with Crippen LogP contribution in [-0.4, -0.2) is 4.98 Å². The van der Waals surface area contributed by atoms with E-state index in [0.717, 1.165) is 0 Å². The van der Waals surface area contributed by atoms with Crippen LogP contribution in [0.15, 0.2) is 37.2 Å². The highest BCUT2D eigenvalue weighted by atomic mass is 14.6. The van der Waals surface area contributed by atoms with Crippen molar-refractivity contribution < 1.29 is 0 Å². The first-order valence-electron chi connectivity index (χ1n) is 4.41. The molecule has 0 spiro atoms. The Morgan fingerprint density at radius 3 is 2.67 bits per heavy atom. The van der Waals surface area contributed by atoms with Crippen LogP contribution in [0.1, 0.15) is 31.2 Å². The smallest absolute Gasteiger partial charge is 0.0270 e. The Bertz CT molecular complexity index is 228. The van der Waals surface area contributed by atoms with Gasteiger partial charge in [-0.2, -0.15) is 0 Å². The standard InChI is InChI=1S/C11H15N/c1-3-5-10(4-2)11-6-8-12-9-7-11/h4,6-10H,2-3,5H2,1H3. The molecule has 1 heteroatoms. The molecular formula is C11H15N. The first kappa shape index (κ1) is 8.98. The zero-order chi connectivity index (χ0) is 8.81. The van der Waals surface area contributed by atoms with Crippen LogP contribution in [0.5, 0.6) is 0 Å². The highest BCUT2D eigenvalue weighted by Crippen LogP contribution is 2.20. The van der Waals surface area contributed by atoms with Crippen LogP contribution < -0.4 is 0 Å². The Kier molecular flexibility index (Phi) is 3.52. The van der Waals surface area contributed by atoms with Gasteiger partial charge in [-0.05, 0) is 24.1 Å². The predicted molar refractivity (Wildman–Crippen MR) is 52.1 cm³/mol. The van der Waals surface area contributed by atoms with Gasteiger partial charge in [0.25, 0.3) is 0 Å². The van der Waals surface area contributed by atoms with Crippen LogP contribution in [0.25, 0.3) is 0 Å². The number of aromatic nitrogens is 1. The maximum absolute atomic E-state index is 3.99. The van der Waals surface area contributed by atoms with Crippen molar-refractivity contribution in [1.82, 2.24) is 4.98 Å². The molecule has 1 heterocycles. The Hall–Kier alpha value is -1.11. The highest BCUT2D eigenvalue weighted by Gasteiger charge is 2.04. The van der Waals surface area contributed by atoms with Gasteiger partial charge in [0.2, 0.25) is 0 Å². The summed E-state index contributed by atoms with van der Waals surface area (Å²) in [5.41, 5.74) is 1.32. The summed E-state index contributed by atoms with van der Waals surface area (Å²) in [6.45, 7) is 6.03. The van der Waals surface area contributed by atoms with Crippen molar-refractivity contribution in [3.8, 4) is 0 Å². The van der Waals surface area contributed by atoms with E-state index in [2.05, 4.69) is 30.6 Å². The topological polar surface area (TPSA) is 12.9 Å². The molecule has 0 saturated carbocycles. The molecule has 1 aromatic rings. The molecule has 0 saturated heterocycles. The Balaban J connectivity index is 2.73. The fraction of sp³-hybridized carbons (Fsp3) is 0.364. The number of pyridine rings is 1. The van der Waals surface area contributed by atoms with Crippen molar-refractivity contribution in [2.45, 2.75) is 25.7 Å². The van der Waals surface area contributed by atoms with E-state index in [0.29, 0.717) is 5.92 Å². The van der Waals surface area contributed by atoms with E-state index in [1.54, 1.807) is 0 Å². The first-order chi connectivity index (χ1) is 5.88. The van der Waals surface area contributed by atoms with E-state index >= 15 is 0 Å². The van der Waals surface area contributed by atoms with E-state index in [9.17, 15) is 0 Å². The number of hydrogen-bond donors (Lipinski definition) is 0. The second-order valence-electron chi connectivity index (χ2n) is 2.91. The predicted octanol–water partition coefficient (Wildman–Crippen LogP) is 3.15. The lowest BCUT2D eigenvalue weighted by atomic mass is 9.96. The summed E-state index contributed by atoms with van der Waals surface area (Å²) in [5.74, 6) is 0.498. The second-order valence-corrected chi connectivity index (χ2v) is 2.91. The Morgan fingerprint density at radius 1 is 1.50 bits per heavy atom. The van der Waals surface area contributed by atoms with Crippen molar-refractivity contribution in [2.75, 3.05) is 0 Å². The molecule has 0 aliphatic heterocycles. The molecule has 1 aromatic heterocycles. The third-order valence-electron chi connectivity index (χ3n) is 2.02. The third-order valence-corrected chi connectivity index (χ3v) is 2.02. The highest BCUT2D eigenvalue weighted by molar-refractivity contribution is 5.19. The molecule has 1 unspecified atom stereocenters. The molecule has 0 bridgehead atoms. The monoisotopic (exact) mass is 161 g/mol. The fourth-order valence-corrected chi connectivity index (χ4v) is 1.34. The van der Waals surface area contributed by atoms with E-state index in [4.69, 9.17) is 0 Å². The molecule has 1 atom stereocenters. The third kappa shape index (κ3) is 2.19. The minimum absolute atomic E-state index is 0.498. The van der Waals surface area contributed by atoms with Crippen LogP contribution in [0.4, 0.5) is 0 Å². The lowest BCUT2D eigenvalue weighted by Gasteiger charge is -2.10. The number of nitrogens with zero attached hydrogens (tertiary/aromatic N) is 1. The minimum atomic E-state index is 0.498. The molecule has 0 aliphatic rings. The largest absolute Gasteiger partial charge is 0.265 e. The van der Waals surface area contributed by atoms with Crippen molar-refractivity contribution in [3.63, 3.8) is 0 Å². The van der Waals surface area contributed by atoms with Gasteiger partial charge in [-0.15, -0.1) is 6.58 Å². The molecule has 0 aromatic carbocycles. The molecule has 1 rings (SSSR count). The van der Waals surface area contributed by atoms with Crippen LogP contribution in [0.2, 0.25) is 0 Å². The Morgan fingerprint density at radius 2 is 2.17 bits per heavy atom. The maximum atomic E-state index is 3.99. The van der Waals surface area contributed by atoms with Gasteiger partial charge in [-0.25, -0.2) is 0 Å². The van der Waals surface area contributed by atoms with Gasteiger partial charge in [0.1, 0.15) is 0 Å². The second kappa shape index (κ2) is 4.70. The van der Waals surface area contributed by atoms with Crippen molar-refractivity contribution in [2.24, 2.45) is 0 Å². The van der Waals surface area contributed by atoms with E-state index in [1.807, 2.05) is 18.5 Å². The summed E-state index contributed by atoms with van der Waals surface area (Å²) in [6.07, 6.45) is 8.05. The molecule has 12 heavy (non-hydrogen) atoms. The molecule has 0 aliphatic carbocycles.